The number of anilines is 1. The molecule has 0 aliphatic heterocycles. The van der Waals surface area contributed by atoms with E-state index in [1.807, 2.05) is 6.92 Å². The summed E-state index contributed by atoms with van der Waals surface area (Å²) in [5.41, 5.74) is 0.677. The number of nitrogens with one attached hydrogen (secondary N) is 1. The van der Waals surface area contributed by atoms with Crippen molar-refractivity contribution >= 4 is 37.3 Å². The molecular weight excluding hydrogens is 388 g/mol. The van der Waals surface area contributed by atoms with Crippen molar-refractivity contribution in [3.05, 3.63) is 56.5 Å². The van der Waals surface area contributed by atoms with Crippen LogP contribution in [-0.2, 0) is 10.0 Å². The number of hydrogen-bond donors (Lipinski definition) is 1. The molecule has 122 valence electrons. The van der Waals surface area contributed by atoms with Crippen LogP contribution in [0.25, 0.3) is 0 Å². The predicted octanol–water partition coefficient (Wildman–Crippen LogP) is 3.48. The first-order valence-electron chi connectivity index (χ1n) is 6.36. The Morgan fingerprint density at radius 2 is 1.91 bits per heavy atom. The molecule has 2 rings (SSSR count). The van der Waals surface area contributed by atoms with Gasteiger partial charge in [0.1, 0.15) is 5.75 Å². The quantitative estimate of drug-likeness (QED) is 0.611. The normalized spacial score (nSPS) is 11.1. The van der Waals surface area contributed by atoms with Crippen molar-refractivity contribution in [3.63, 3.8) is 0 Å². The first kappa shape index (κ1) is 17.2. The molecule has 7 nitrogen and oxygen atoms in total. The van der Waals surface area contributed by atoms with Gasteiger partial charge >= 0.3 is 0 Å². The summed E-state index contributed by atoms with van der Waals surface area (Å²) in [6.45, 7) is 1.86. The molecule has 0 aromatic heterocycles. The van der Waals surface area contributed by atoms with Gasteiger partial charge in [0.2, 0.25) is 0 Å². The largest absolute Gasteiger partial charge is 0.497 e. The van der Waals surface area contributed by atoms with Gasteiger partial charge in [0.15, 0.2) is 4.90 Å². The van der Waals surface area contributed by atoms with Crippen LogP contribution in [-0.4, -0.2) is 20.5 Å². The zero-order chi connectivity index (χ0) is 17.2. The molecule has 0 aliphatic carbocycles. The molecule has 0 saturated heterocycles. The number of hydrogen-bond acceptors (Lipinski definition) is 5. The molecule has 0 amide bonds. The number of nitro groups is 1. The zero-order valence-electron chi connectivity index (χ0n) is 12.2. The van der Waals surface area contributed by atoms with E-state index in [4.69, 9.17) is 4.74 Å². The molecule has 0 unspecified atom stereocenters. The summed E-state index contributed by atoms with van der Waals surface area (Å²) in [4.78, 5) is 9.95. The maximum atomic E-state index is 12.5. The number of nitrogens with zero attached hydrogens (tertiary/aromatic N) is 1. The van der Waals surface area contributed by atoms with Crippen LogP contribution in [0.15, 0.2) is 45.8 Å². The second kappa shape index (κ2) is 6.55. The van der Waals surface area contributed by atoms with Crippen LogP contribution in [0.4, 0.5) is 11.4 Å². The molecule has 2 aromatic rings. The van der Waals surface area contributed by atoms with Gasteiger partial charge in [0.05, 0.1) is 23.8 Å². The van der Waals surface area contributed by atoms with Crippen molar-refractivity contribution < 1.29 is 18.1 Å². The summed E-state index contributed by atoms with van der Waals surface area (Å²) in [6.07, 6.45) is 0. The molecule has 0 spiro atoms. The molecule has 9 heteroatoms. The van der Waals surface area contributed by atoms with Gasteiger partial charge in [0, 0.05) is 4.47 Å². The maximum Gasteiger partial charge on any atom is 0.293 e. The number of methoxy groups -OCH3 is 1. The van der Waals surface area contributed by atoms with Gasteiger partial charge in [-0.05, 0) is 52.7 Å². The number of ether oxygens (including phenoxy) is 1. The van der Waals surface area contributed by atoms with E-state index in [9.17, 15) is 18.5 Å². The lowest BCUT2D eigenvalue weighted by Gasteiger charge is -2.11. The van der Waals surface area contributed by atoms with Crippen LogP contribution in [0.1, 0.15) is 5.56 Å². The highest BCUT2D eigenvalue weighted by Crippen LogP contribution is 2.31. The Kier molecular flexibility index (Phi) is 4.90. The number of sulfonamides is 1. The Balaban J connectivity index is 2.49. The third-order valence-corrected chi connectivity index (χ3v) is 5.09. The molecule has 0 fully saturated rings. The second-order valence-corrected chi connectivity index (χ2v) is 7.18. The fourth-order valence-electron chi connectivity index (χ4n) is 1.90. The SMILES string of the molecule is COc1ccc(S(=O)(=O)Nc2ccc(C)cc2Br)c([N+](=O)[O-])c1. The number of nitro benzene ring substituents is 1. The van der Waals surface area contributed by atoms with Crippen LogP contribution < -0.4 is 9.46 Å². The minimum absolute atomic E-state index is 0.201. The minimum atomic E-state index is -4.13. The Hall–Kier alpha value is -2.13. The highest BCUT2D eigenvalue weighted by Gasteiger charge is 2.27. The van der Waals surface area contributed by atoms with Gasteiger partial charge < -0.3 is 4.74 Å². The number of rotatable bonds is 5. The van der Waals surface area contributed by atoms with Gasteiger partial charge in [-0.3, -0.25) is 14.8 Å². The average molecular weight is 401 g/mol. The lowest BCUT2D eigenvalue weighted by molar-refractivity contribution is -0.387. The van der Waals surface area contributed by atoms with Crippen LogP contribution >= 0.6 is 15.9 Å². The van der Waals surface area contributed by atoms with Crippen LogP contribution in [0.2, 0.25) is 0 Å². The van der Waals surface area contributed by atoms with E-state index >= 15 is 0 Å². The summed E-state index contributed by atoms with van der Waals surface area (Å²) >= 11 is 3.26. The summed E-state index contributed by atoms with van der Waals surface area (Å²) in [7, 11) is -2.78. The van der Waals surface area contributed by atoms with Crippen LogP contribution in [0.3, 0.4) is 0 Å². The molecular formula is C14H13BrN2O5S. The lowest BCUT2D eigenvalue weighted by Crippen LogP contribution is -2.15. The summed E-state index contributed by atoms with van der Waals surface area (Å²) in [5.74, 6) is 0.201. The predicted molar refractivity (Wildman–Crippen MR) is 89.3 cm³/mol. The molecule has 23 heavy (non-hydrogen) atoms. The Morgan fingerprint density at radius 3 is 2.48 bits per heavy atom. The van der Waals surface area contributed by atoms with E-state index in [-0.39, 0.29) is 5.75 Å². The van der Waals surface area contributed by atoms with E-state index in [2.05, 4.69) is 20.7 Å². The zero-order valence-corrected chi connectivity index (χ0v) is 14.6. The fraction of sp³-hybridized carbons (Fsp3) is 0.143. The molecule has 1 N–H and O–H groups in total. The van der Waals surface area contributed by atoms with Crippen molar-refractivity contribution in [2.75, 3.05) is 11.8 Å². The minimum Gasteiger partial charge on any atom is -0.497 e. The van der Waals surface area contributed by atoms with Crippen LogP contribution in [0.5, 0.6) is 5.75 Å². The van der Waals surface area contributed by atoms with Crippen molar-refractivity contribution in [2.24, 2.45) is 0 Å². The van der Waals surface area contributed by atoms with Gasteiger partial charge in [-0.15, -0.1) is 0 Å². The Morgan fingerprint density at radius 1 is 1.22 bits per heavy atom. The van der Waals surface area contributed by atoms with E-state index in [0.29, 0.717) is 10.2 Å². The van der Waals surface area contributed by atoms with Crippen molar-refractivity contribution in [1.29, 1.82) is 0 Å². The highest BCUT2D eigenvalue weighted by atomic mass is 79.9. The lowest BCUT2D eigenvalue weighted by atomic mass is 10.2. The molecule has 0 heterocycles. The summed E-state index contributed by atoms with van der Waals surface area (Å²) < 4.78 is 32.8. The molecule has 0 atom stereocenters. The van der Waals surface area contributed by atoms with Crippen molar-refractivity contribution in [3.8, 4) is 5.75 Å². The average Bonchev–Trinajstić information content (AvgIpc) is 2.49. The van der Waals surface area contributed by atoms with Crippen molar-refractivity contribution in [1.82, 2.24) is 0 Å². The molecule has 2 aromatic carbocycles. The third-order valence-electron chi connectivity index (χ3n) is 3.02. The Bertz CT molecular complexity index is 867. The monoisotopic (exact) mass is 400 g/mol. The van der Waals surface area contributed by atoms with Crippen molar-refractivity contribution in [2.45, 2.75) is 11.8 Å². The number of aryl methyl sites for hydroxylation is 1. The first-order valence-corrected chi connectivity index (χ1v) is 8.63. The standard InChI is InChI=1S/C14H13BrN2O5S/c1-9-3-5-12(11(15)7-9)16-23(20,21)14-6-4-10(22-2)8-13(14)17(18)19/h3-8,16H,1-2H3. The van der Waals surface area contributed by atoms with Crippen LogP contribution in [0, 0.1) is 17.0 Å². The smallest absolute Gasteiger partial charge is 0.293 e. The summed E-state index contributed by atoms with van der Waals surface area (Å²) in [5, 5.41) is 11.1. The van der Waals surface area contributed by atoms with Gasteiger partial charge in [-0.1, -0.05) is 6.07 Å². The first-order chi connectivity index (χ1) is 10.7. The van der Waals surface area contributed by atoms with Gasteiger partial charge in [0.25, 0.3) is 15.7 Å². The van der Waals surface area contributed by atoms with E-state index in [1.165, 1.54) is 13.2 Å². The van der Waals surface area contributed by atoms with E-state index in [1.54, 1.807) is 18.2 Å². The van der Waals surface area contributed by atoms with E-state index in [0.717, 1.165) is 17.7 Å². The highest BCUT2D eigenvalue weighted by molar-refractivity contribution is 9.10. The van der Waals surface area contributed by atoms with Gasteiger partial charge in [-0.2, -0.15) is 0 Å². The topological polar surface area (TPSA) is 98.5 Å². The third kappa shape index (κ3) is 3.80. The summed E-state index contributed by atoms with van der Waals surface area (Å²) in [6, 6.07) is 8.60. The number of benzene rings is 2. The second-order valence-electron chi connectivity index (χ2n) is 4.68. The van der Waals surface area contributed by atoms with E-state index < -0.39 is 25.5 Å². The fourth-order valence-corrected chi connectivity index (χ4v) is 3.85. The molecule has 0 saturated carbocycles. The molecule has 0 aliphatic rings. The van der Waals surface area contributed by atoms with Gasteiger partial charge in [-0.25, -0.2) is 8.42 Å². The number of halogens is 1. The maximum absolute atomic E-state index is 12.5. The Labute approximate surface area is 141 Å². The molecule has 0 radical (unpaired) electrons. The molecule has 0 bridgehead atoms.